The molecule has 1 atom stereocenters. The summed E-state index contributed by atoms with van der Waals surface area (Å²) in [6, 6.07) is 11.1. The van der Waals surface area contributed by atoms with Crippen LogP contribution in [0.1, 0.15) is 25.8 Å². The SMILES string of the molecule is COC(=O)Oc1ccc2c(NCC(O)(CC(C)(C)c3cc(F)ccc3OC)C(F)(F)F)cccc2n1. The maximum absolute atomic E-state index is 14.2. The summed E-state index contributed by atoms with van der Waals surface area (Å²) < 4.78 is 70.9. The smallest absolute Gasteiger partial charge is 0.496 e. The van der Waals surface area contributed by atoms with Gasteiger partial charge in [0.25, 0.3) is 0 Å². The van der Waals surface area contributed by atoms with E-state index in [0.29, 0.717) is 10.9 Å². The van der Waals surface area contributed by atoms with Crippen molar-refractivity contribution in [2.75, 3.05) is 26.1 Å². The van der Waals surface area contributed by atoms with Crippen molar-refractivity contribution in [3.05, 3.63) is 59.9 Å². The van der Waals surface area contributed by atoms with E-state index in [4.69, 9.17) is 9.47 Å². The van der Waals surface area contributed by atoms with Gasteiger partial charge in [-0.3, -0.25) is 0 Å². The molecule has 7 nitrogen and oxygen atoms in total. The number of hydrogen-bond donors (Lipinski definition) is 2. The van der Waals surface area contributed by atoms with Crippen molar-refractivity contribution in [2.24, 2.45) is 0 Å². The second kappa shape index (κ2) is 10.2. The number of alkyl halides is 3. The number of rotatable bonds is 8. The Bertz CT molecular complexity index is 1250. The largest absolute Gasteiger partial charge is 0.514 e. The van der Waals surface area contributed by atoms with E-state index in [1.807, 2.05) is 0 Å². The number of aromatic nitrogens is 1. The van der Waals surface area contributed by atoms with Crippen LogP contribution >= 0.6 is 0 Å². The number of methoxy groups -OCH3 is 2. The molecule has 0 saturated heterocycles. The van der Waals surface area contributed by atoms with Gasteiger partial charge >= 0.3 is 12.3 Å². The van der Waals surface area contributed by atoms with Crippen LogP contribution in [0.3, 0.4) is 0 Å². The third-order valence-corrected chi connectivity index (χ3v) is 5.78. The van der Waals surface area contributed by atoms with Gasteiger partial charge in [0.2, 0.25) is 5.88 Å². The van der Waals surface area contributed by atoms with Crippen molar-refractivity contribution in [3.8, 4) is 11.6 Å². The summed E-state index contributed by atoms with van der Waals surface area (Å²) >= 11 is 0. The van der Waals surface area contributed by atoms with E-state index in [9.17, 15) is 27.5 Å². The lowest BCUT2D eigenvalue weighted by atomic mass is 9.74. The zero-order valence-electron chi connectivity index (χ0n) is 20.1. The normalized spacial score (nSPS) is 13.7. The number of halogens is 4. The summed E-state index contributed by atoms with van der Waals surface area (Å²) in [6.07, 6.45) is -6.76. The summed E-state index contributed by atoms with van der Waals surface area (Å²) in [5.41, 5.74) is -3.70. The van der Waals surface area contributed by atoms with E-state index in [2.05, 4.69) is 15.0 Å². The van der Waals surface area contributed by atoms with Gasteiger partial charge in [0.05, 0.1) is 26.3 Å². The van der Waals surface area contributed by atoms with Gasteiger partial charge in [-0.1, -0.05) is 19.9 Å². The molecule has 0 spiro atoms. The van der Waals surface area contributed by atoms with E-state index in [1.54, 1.807) is 12.1 Å². The predicted octanol–water partition coefficient (Wildman–Crippen LogP) is 5.60. The van der Waals surface area contributed by atoms with Gasteiger partial charge in [-0.25, -0.2) is 14.2 Å². The summed E-state index contributed by atoms with van der Waals surface area (Å²) in [5.74, 6) is -0.473. The fourth-order valence-electron chi connectivity index (χ4n) is 4.01. The molecule has 0 aliphatic heterocycles. The number of pyridine rings is 1. The van der Waals surface area contributed by atoms with Crippen LogP contribution in [0.25, 0.3) is 10.9 Å². The molecule has 0 radical (unpaired) electrons. The molecule has 2 N–H and O–H groups in total. The third kappa shape index (κ3) is 5.78. The molecule has 36 heavy (non-hydrogen) atoms. The minimum Gasteiger partial charge on any atom is -0.496 e. The summed E-state index contributed by atoms with van der Waals surface area (Å²) in [4.78, 5) is 15.5. The lowest BCUT2D eigenvalue weighted by molar-refractivity contribution is -0.260. The average molecular weight is 510 g/mol. The van der Waals surface area contributed by atoms with Crippen LogP contribution in [0.4, 0.5) is 28.0 Å². The molecule has 3 aromatic rings. The highest BCUT2D eigenvalue weighted by atomic mass is 19.4. The Kier molecular flexibility index (Phi) is 7.63. The summed E-state index contributed by atoms with van der Waals surface area (Å²) in [6.45, 7) is 2.06. The molecule has 194 valence electrons. The van der Waals surface area contributed by atoms with Crippen molar-refractivity contribution in [1.29, 1.82) is 0 Å². The lowest BCUT2D eigenvalue weighted by Crippen LogP contribution is -2.53. The van der Waals surface area contributed by atoms with Gasteiger partial charge in [0, 0.05) is 22.7 Å². The first-order chi connectivity index (χ1) is 16.8. The molecule has 11 heteroatoms. The fourth-order valence-corrected chi connectivity index (χ4v) is 4.01. The number of hydrogen-bond acceptors (Lipinski definition) is 7. The monoisotopic (exact) mass is 510 g/mol. The minimum atomic E-state index is -5.01. The topological polar surface area (TPSA) is 89.9 Å². The molecule has 1 heterocycles. The Balaban J connectivity index is 1.90. The van der Waals surface area contributed by atoms with Gasteiger partial charge in [0.15, 0.2) is 5.60 Å². The second-order valence-corrected chi connectivity index (χ2v) is 8.87. The minimum absolute atomic E-state index is 0.0518. The van der Waals surface area contributed by atoms with Crippen LogP contribution in [0.15, 0.2) is 48.5 Å². The number of carbonyl (C=O) groups excluding carboxylic acids is 1. The Morgan fingerprint density at radius 1 is 1.08 bits per heavy atom. The van der Waals surface area contributed by atoms with Crippen LogP contribution < -0.4 is 14.8 Å². The maximum Gasteiger partial charge on any atom is 0.514 e. The third-order valence-electron chi connectivity index (χ3n) is 5.78. The highest BCUT2D eigenvalue weighted by molar-refractivity contribution is 5.91. The quantitative estimate of drug-likeness (QED) is 0.301. The molecule has 0 bridgehead atoms. The first kappa shape index (κ1) is 27.0. The second-order valence-electron chi connectivity index (χ2n) is 8.87. The number of benzene rings is 2. The number of aliphatic hydroxyl groups is 1. The number of carbonyl (C=O) groups is 1. The molecule has 0 aliphatic rings. The van der Waals surface area contributed by atoms with Crippen LogP contribution in [0.2, 0.25) is 0 Å². The number of nitrogens with one attached hydrogen (secondary N) is 1. The Hall–Kier alpha value is -3.60. The number of anilines is 1. The van der Waals surface area contributed by atoms with Gasteiger partial charge < -0.3 is 24.6 Å². The Labute approximate surface area is 205 Å². The molecule has 1 unspecified atom stereocenters. The Morgan fingerprint density at radius 3 is 2.44 bits per heavy atom. The van der Waals surface area contributed by atoms with Crippen molar-refractivity contribution >= 4 is 22.7 Å². The average Bonchev–Trinajstić information content (AvgIpc) is 2.81. The highest BCUT2D eigenvalue weighted by Gasteiger charge is 2.56. The zero-order valence-corrected chi connectivity index (χ0v) is 20.1. The van der Waals surface area contributed by atoms with Crippen molar-refractivity contribution in [3.63, 3.8) is 0 Å². The lowest BCUT2D eigenvalue weighted by Gasteiger charge is -2.38. The van der Waals surface area contributed by atoms with E-state index in [1.165, 1.54) is 45.2 Å². The van der Waals surface area contributed by atoms with E-state index in [0.717, 1.165) is 19.2 Å². The van der Waals surface area contributed by atoms with Crippen molar-refractivity contribution in [1.82, 2.24) is 4.98 Å². The number of ether oxygens (including phenoxy) is 3. The highest BCUT2D eigenvalue weighted by Crippen LogP contribution is 2.44. The first-order valence-corrected chi connectivity index (χ1v) is 10.8. The molecule has 3 rings (SSSR count). The first-order valence-electron chi connectivity index (χ1n) is 10.8. The predicted molar refractivity (Wildman–Crippen MR) is 125 cm³/mol. The summed E-state index contributed by atoms with van der Waals surface area (Å²) in [5, 5.41) is 14.0. The van der Waals surface area contributed by atoms with E-state index >= 15 is 0 Å². The van der Waals surface area contributed by atoms with Crippen LogP contribution in [-0.4, -0.2) is 48.8 Å². The number of nitrogens with zero attached hydrogens (tertiary/aromatic N) is 1. The fraction of sp³-hybridized carbons (Fsp3) is 0.360. The maximum atomic E-state index is 14.2. The molecule has 1 aromatic heterocycles. The van der Waals surface area contributed by atoms with Crippen LogP contribution in [0, 0.1) is 5.82 Å². The van der Waals surface area contributed by atoms with Crippen molar-refractivity contribution in [2.45, 2.75) is 37.5 Å². The van der Waals surface area contributed by atoms with Crippen molar-refractivity contribution < 1.29 is 41.7 Å². The molecular formula is C25H26F4N2O5. The number of fused-ring (bicyclic) bond motifs is 1. The van der Waals surface area contributed by atoms with Gasteiger partial charge in [-0.05, 0) is 48.2 Å². The standard InChI is InChI=1S/C25H26F4N2O5/c1-23(2,17-12-15(26)8-10-20(17)34-3)13-24(33,25(27,28)29)14-30-18-6-5-7-19-16(18)9-11-21(31-19)36-22(32)35-4/h5-12,30,33H,13-14H2,1-4H3. The van der Waals surface area contributed by atoms with Gasteiger partial charge in [-0.15, -0.1) is 0 Å². The molecule has 0 saturated carbocycles. The van der Waals surface area contributed by atoms with Crippen LogP contribution in [0.5, 0.6) is 11.6 Å². The molecule has 2 aromatic carbocycles. The van der Waals surface area contributed by atoms with Gasteiger partial charge in [-0.2, -0.15) is 13.2 Å². The zero-order chi connectivity index (χ0) is 26.7. The molecular weight excluding hydrogens is 484 g/mol. The molecule has 0 fully saturated rings. The van der Waals surface area contributed by atoms with E-state index < -0.39 is 42.1 Å². The van der Waals surface area contributed by atoms with E-state index in [-0.39, 0.29) is 22.9 Å². The molecule has 0 aliphatic carbocycles. The van der Waals surface area contributed by atoms with Gasteiger partial charge in [0.1, 0.15) is 11.6 Å². The summed E-state index contributed by atoms with van der Waals surface area (Å²) in [7, 11) is 2.47. The van der Waals surface area contributed by atoms with Crippen LogP contribution in [-0.2, 0) is 10.2 Å². The Morgan fingerprint density at radius 2 is 1.81 bits per heavy atom. The molecule has 0 amide bonds.